The first kappa shape index (κ1) is 16.0. The Kier molecular flexibility index (Phi) is 6.89. The summed E-state index contributed by atoms with van der Waals surface area (Å²) < 4.78 is 5.55. The Balaban J connectivity index is 2.19. The quantitative estimate of drug-likeness (QED) is 0.709. The maximum absolute atomic E-state index is 9.70. The third-order valence-electron chi connectivity index (χ3n) is 3.14. The molecular formula is C16H27NO2. The van der Waals surface area contributed by atoms with E-state index in [1.807, 2.05) is 26.0 Å². The van der Waals surface area contributed by atoms with Crippen molar-refractivity contribution in [2.75, 3.05) is 19.8 Å². The standard InChI is InChI=1S/C16H27NO2/c1-12(2)5-7-19-8-6-17-11-15-9-13(3)16(18)14(4)10-15/h9-10,12,17-18H,5-8,11H2,1-4H3. The second-order valence-electron chi connectivity index (χ2n) is 5.55. The Bertz CT molecular complexity index is 365. The summed E-state index contributed by atoms with van der Waals surface area (Å²) in [4.78, 5) is 0. The predicted molar refractivity (Wildman–Crippen MR) is 79.6 cm³/mol. The average Bonchev–Trinajstić information content (AvgIpc) is 2.34. The van der Waals surface area contributed by atoms with Gasteiger partial charge in [-0.2, -0.15) is 0 Å². The Morgan fingerprint density at radius 2 is 1.79 bits per heavy atom. The molecule has 0 amide bonds. The summed E-state index contributed by atoms with van der Waals surface area (Å²) in [5.74, 6) is 1.11. The van der Waals surface area contributed by atoms with Crippen LogP contribution in [0.15, 0.2) is 12.1 Å². The van der Waals surface area contributed by atoms with Gasteiger partial charge in [-0.25, -0.2) is 0 Å². The maximum atomic E-state index is 9.70. The predicted octanol–water partition coefficient (Wildman–Crippen LogP) is 3.16. The molecular weight excluding hydrogens is 238 g/mol. The lowest BCUT2D eigenvalue weighted by atomic mass is 10.1. The molecule has 1 aromatic rings. The highest BCUT2D eigenvalue weighted by molar-refractivity contribution is 5.42. The zero-order valence-corrected chi connectivity index (χ0v) is 12.6. The van der Waals surface area contributed by atoms with Crippen LogP contribution in [0.3, 0.4) is 0 Å². The third-order valence-corrected chi connectivity index (χ3v) is 3.14. The zero-order valence-electron chi connectivity index (χ0n) is 12.6. The lowest BCUT2D eigenvalue weighted by Crippen LogP contribution is -2.19. The first-order valence-corrected chi connectivity index (χ1v) is 7.08. The van der Waals surface area contributed by atoms with Crippen LogP contribution in [0.2, 0.25) is 0 Å². The molecule has 0 aliphatic rings. The molecule has 2 N–H and O–H groups in total. The van der Waals surface area contributed by atoms with Gasteiger partial charge in [-0.15, -0.1) is 0 Å². The van der Waals surface area contributed by atoms with Gasteiger partial charge >= 0.3 is 0 Å². The Morgan fingerprint density at radius 3 is 2.37 bits per heavy atom. The fourth-order valence-electron chi connectivity index (χ4n) is 1.95. The van der Waals surface area contributed by atoms with Crippen molar-refractivity contribution in [1.82, 2.24) is 5.32 Å². The van der Waals surface area contributed by atoms with Crippen LogP contribution in [0.5, 0.6) is 5.75 Å². The maximum Gasteiger partial charge on any atom is 0.121 e. The smallest absolute Gasteiger partial charge is 0.121 e. The third kappa shape index (κ3) is 6.08. The summed E-state index contributed by atoms with van der Waals surface area (Å²) in [6, 6.07) is 4.05. The van der Waals surface area contributed by atoms with Crippen LogP contribution in [-0.2, 0) is 11.3 Å². The van der Waals surface area contributed by atoms with Crippen molar-refractivity contribution in [3.05, 3.63) is 28.8 Å². The number of aromatic hydroxyl groups is 1. The second-order valence-corrected chi connectivity index (χ2v) is 5.55. The Labute approximate surface area is 117 Å². The summed E-state index contributed by atoms with van der Waals surface area (Å²) in [6.45, 7) is 11.5. The van der Waals surface area contributed by atoms with E-state index in [1.165, 1.54) is 5.56 Å². The molecule has 0 saturated heterocycles. The minimum Gasteiger partial charge on any atom is -0.507 e. The summed E-state index contributed by atoms with van der Waals surface area (Å²) in [5.41, 5.74) is 3.07. The normalized spacial score (nSPS) is 11.2. The molecule has 0 aliphatic carbocycles. The van der Waals surface area contributed by atoms with Crippen molar-refractivity contribution in [3.8, 4) is 5.75 Å². The number of phenolic OH excluding ortho intramolecular Hbond substituents is 1. The van der Waals surface area contributed by atoms with Gasteiger partial charge in [-0.05, 0) is 42.9 Å². The van der Waals surface area contributed by atoms with E-state index in [4.69, 9.17) is 4.74 Å². The summed E-state index contributed by atoms with van der Waals surface area (Å²) >= 11 is 0. The highest BCUT2D eigenvalue weighted by atomic mass is 16.5. The van der Waals surface area contributed by atoms with Crippen LogP contribution in [-0.4, -0.2) is 24.9 Å². The zero-order chi connectivity index (χ0) is 14.3. The molecule has 3 heteroatoms. The molecule has 0 fully saturated rings. The van der Waals surface area contributed by atoms with Crippen molar-refractivity contribution in [1.29, 1.82) is 0 Å². The molecule has 19 heavy (non-hydrogen) atoms. The van der Waals surface area contributed by atoms with Gasteiger partial charge in [0.25, 0.3) is 0 Å². The fraction of sp³-hybridized carbons (Fsp3) is 0.625. The minimum atomic E-state index is 0.403. The van der Waals surface area contributed by atoms with Crippen molar-refractivity contribution in [2.45, 2.75) is 40.7 Å². The monoisotopic (exact) mass is 265 g/mol. The molecule has 0 spiro atoms. The lowest BCUT2D eigenvalue weighted by molar-refractivity contribution is 0.125. The minimum absolute atomic E-state index is 0.403. The summed E-state index contributed by atoms with van der Waals surface area (Å²) in [7, 11) is 0. The summed E-state index contributed by atoms with van der Waals surface area (Å²) in [5, 5.41) is 13.1. The molecule has 0 atom stereocenters. The number of ether oxygens (including phenoxy) is 1. The Hall–Kier alpha value is -1.06. The van der Waals surface area contributed by atoms with E-state index >= 15 is 0 Å². The molecule has 1 aromatic carbocycles. The molecule has 1 rings (SSSR count). The van der Waals surface area contributed by atoms with Crippen LogP contribution in [0.25, 0.3) is 0 Å². The average molecular weight is 265 g/mol. The van der Waals surface area contributed by atoms with Gasteiger partial charge in [0.1, 0.15) is 5.75 Å². The van der Waals surface area contributed by atoms with E-state index in [0.29, 0.717) is 11.7 Å². The molecule has 0 aromatic heterocycles. The van der Waals surface area contributed by atoms with E-state index in [0.717, 1.165) is 43.9 Å². The van der Waals surface area contributed by atoms with Crippen molar-refractivity contribution < 1.29 is 9.84 Å². The highest BCUT2D eigenvalue weighted by Gasteiger charge is 2.03. The number of hydrogen-bond donors (Lipinski definition) is 2. The van der Waals surface area contributed by atoms with Crippen molar-refractivity contribution >= 4 is 0 Å². The van der Waals surface area contributed by atoms with E-state index in [1.54, 1.807) is 0 Å². The van der Waals surface area contributed by atoms with E-state index in [9.17, 15) is 5.11 Å². The summed E-state index contributed by atoms with van der Waals surface area (Å²) in [6.07, 6.45) is 1.12. The number of benzene rings is 1. The number of rotatable bonds is 8. The van der Waals surface area contributed by atoms with Gasteiger partial charge in [0.15, 0.2) is 0 Å². The molecule has 0 aliphatic heterocycles. The van der Waals surface area contributed by atoms with Crippen LogP contribution in [0, 0.1) is 19.8 Å². The highest BCUT2D eigenvalue weighted by Crippen LogP contribution is 2.22. The van der Waals surface area contributed by atoms with E-state index in [2.05, 4.69) is 19.2 Å². The molecule has 0 radical (unpaired) electrons. The molecule has 0 unspecified atom stereocenters. The van der Waals surface area contributed by atoms with Crippen LogP contribution >= 0.6 is 0 Å². The first-order valence-electron chi connectivity index (χ1n) is 7.08. The molecule has 3 nitrogen and oxygen atoms in total. The van der Waals surface area contributed by atoms with Crippen LogP contribution in [0.4, 0.5) is 0 Å². The van der Waals surface area contributed by atoms with Crippen LogP contribution in [0.1, 0.15) is 37.0 Å². The van der Waals surface area contributed by atoms with Crippen molar-refractivity contribution in [3.63, 3.8) is 0 Å². The topological polar surface area (TPSA) is 41.5 Å². The first-order chi connectivity index (χ1) is 9.00. The second kappa shape index (κ2) is 8.18. The number of hydrogen-bond acceptors (Lipinski definition) is 3. The van der Waals surface area contributed by atoms with Crippen LogP contribution < -0.4 is 5.32 Å². The van der Waals surface area contributed by atoms with E-state index in [-0.39, 0.29) is 0 Å². The largest absolute Gasteiger partial charge is 0.507 e. The van der Waals surface area contributed by atoms with Gasteiger partial charge in [-0.1, -0.05) is 26.0 Å². The molecule has 0 bridgehead atoms. The van der Waals surface area contributed by atoms with Gasteiger partial charge in [-0.3, -0.25) is 0 Å². The van der Waals surface area contributed by atoms with Gasteiger partial charge in [0, 0.05) is 19.7 Å². The number of aryl methyl sites for hydroxylation is 2. The number of phenols is 1. The SMILES string of the molecule is Cc1cc(CNCCOCCC(C)C)cc(C)c1O. The number of nitrogens with one attached hydrogen (secondary N) is 1. The van der Waals surface area contributed by atoms with Crippen molar-refractivity contribution in [2.24, 2.45) is 5.92 Å². The Morgan fingerprint density at radius 1 is 1.16 bits per heavy atom. The van der Waals surface area contributed by atoms with Gasteiger partial charge < -0.3 is 15.2 Å². The molecule has 108 valence electrons. The van der Waals surface area contributed by atoms with Gasteiger partial charge in [0.2, 0.25) is 0 Å². The van der Waals surface area contributed by atoms with Gasteiger partial charge in [0.05, 0.1) is 6.61 Å². The fourth-order valence-corrected chi connectivity index (χ4v) is 1.95. The van der Waals surface area contributed by atoms with E-state index < -0.39 is 0 Å². The molecule has 0 heterocycles. The lowest BCUT2D eigenvalue weighted by Gasteiger charge is -2.10. The molecule has 0 saturated carbocycles.